The van der Waals surface area contributed by atoms with E-state index < -0.39 is 9.84 Å². The number of benzene rings is 1. The number of nitrogens with zero attached hydrogens (tertiary/aromatic N) is 1. The number of nitrogens with one attached hydrogen (secondary N) is 1. The first kappa shape index (κ1) is 19.2. The van der Waals surface area contributed by atoms with Gasteiger partial charge >= 0.3 is 0 Å². The van der Waals surface area contributed by atoms with Crippen molar-refractivity contribution in [3.8, 4) is 0 Å². The smallest absolute Gasteiger partial charge is 0.238 e. The SMILES string of the molecule is CCCN(CC(=O)Nc1c(C)cc(C)cc1Cl)C1CCS(=O)(=O)C1. The summed E-state index contributed by atoms with van der Waals surface area (Å²) in [4.78, 5) is 14.4. The number of halogens is 1. The van der Waals surface area contributed by atoms with Crippen LogP contribution in [0.4, 0.5) is 5.69 Å². The molecule has 0 aromatic heterocycles. The molecule has 2 rings (SSSR count). The van der Waals surface area contributed by atoms with Crippen LogP contribution in [-0.2, 0) is 14.6 Å². The molecular formula is C17H25ClN2O3S. The first-order valence-corrected chi connectivity index (χ1v) is 10.4. The van der Waals surface area contributed by atoms with Crippen LogP contribution in [0.15, 0.2) is 12.1 Å². The molecule has 7 heteroatoms. The third kappa shape index (κ3) is 4.94. The van der Waals surface area contributed by atoms with E-state index in [4.69, 9.17) is 11.6 Å². The molecule has 134 valence electrons. The van der Waals surface area contributed by atoms with Crippen molar-refractivity contribution in [2.24, 2.45) is 0 Å². The molecular weight excluding hydrogens is 348 g/mol. The molecule has 1 fully saturated rings. The third-order valence-corrected chi connectivity index (χ3v) is 6.33. The Morgan fingerprint density at radius 1 is 1.38 bits per heavy atom. The second kappa shape index (κ2) is 7.85. The summed E-state index contributed by atoms with van der Waals surface area (Å²) in [5, 5.41) is 3.40. The van der Waals surface area contributed by atoms with Crippen molar-refractivity contribution < 1.29 is 13.2 Å². The highest BCUT2D eigenvalue weighted by Crippen LogP contribution is 2.27. The molecule has 24 heavy (non-hydrogen) atoms. The van der Waals surface area contributed by atoms with Crippen molar-refractivity contribution in [2.45, 2.75) is 39.7 Å². The maximum Gasteiger partial charge on any atom is 0.238 e. The van der Waals surface area contributed by atoms with Crippen molar-refractivity contribution >= 4 is 33.0 Å². The van der Waals surface area contributed by atoms with E-state index in [2.05, 4.69) is 5.32 Å². The normalized spacial score (nSPS) is 19.6. The summed E-state index contributed by atoms with van der Waals surface area (Å²) in [6.07, 6.45) is 1.47. The monoisotopic (exact) mass is 372 g/mol. The molecule has 1 aliphatic rings. The number of sulfone groups is 1. The van der Waals surface area contributed by atoms with E-state index in [1.165, 1.54) is 0 Å². The fourth-order valence-corrected chi connectivity index (χ4v) is 5.31. The van der Waals surface area contributed by atoms with Gasteiger partial charge in [0.1, 0.15) is 0 Å². The Kier molecular flexibility index (Phi) is 6.28. The van der Waals surface area contributed by atoms with E-state index in [0.717, 1.165) is 17.5 Å². The number of carbonyl (C=O) groups is 1. The summed E-state index contributed by atoms with van der Waals surface area (Å²) in [6.45, 7) is 6.76. The molecule has 1 atom stereocenters. The molecule has 1 aromatic carbocycles. The number of rotatable bonds is 6. The predicted octanol–water partition coefficient (Wildman–Crippen LogP) is 2.79. The lowest BCUT2D eigenvalue weighted by Gasteiger charge is -2.27. The summed E-state index contributed by atoms with van der Waals surface area (Å²) in [6, 6.07) is 3.71. The van der Waals surface area contributed by atoms with Crippen LogP contribution in [0.25, 0.3) is 0 Å². The van der Waals surface area contributed by atoms with Crippen LogP contribution < -0.4 is 5.32 Å². The fraction of sp³-hybridized carbons (Fsp3) is 0.588. The van der Waals surface area contributed by atoms with Crippen LogP contribution in [0.2, 0.25) is 5.02 Å². The molecule has 0 spiro atoms. The highest BCUT2D eigenvalue weighted by molar-refractivity contribution is 7.91. The summed E-state index contributed by atoms with van der Waals surface area (Å²) >= 11 is 6.23. The lowest BCUT2D eigenvalue weighted by molar-refractivity contribution is -0.117. The quantitative estimate of drug-likeness (QED) is 0.833. The van der Waals surface area contributed by atoms with Gasteiger partial charge in [0.2, 0.25) is 5.91 Å². The average Bonchev–Trinajstić information content (AvgIpc) is 2.82. The number of hydrogen-bond acceptors (Lipinski definition) is 4. The van der Waals surface area contributed by atoms with Gasteiger partial charge in [-0.2, -0.15) is 0 Å². The lowest BCUT2D eigenvalue weighted by Crippen LogP contribution is -2.42. The van der Waals surface area contributed by atoms with Gasteiger partial charge in [0.15, 0.2) is 9.84 Å². The second-order valence-electron chi connectivity index (χ2n) is 6.51. The molecule has 1 aliphatic heterocycles. The predicted molar refractivity (Wildman–Crippen MR) is 98.5 cm³/mol. The van der Waals surface area contributed by atoms with Crippen molar-refractivity contribution in [1.29, 1.82) is 0 Å². The van der Waals surface area contributed by atoms with Crippen LogP contribution in [-0.4, -0.2) is 49.9 Å². The Balaban J connectivity index is 2.06. The minimum absolute atomic E-state index is 0.0738. The molecule has 0 saturated carbocycles. The van der Waals surface area contributed by atoms with Gasteiger partial charge in [-0.1, -0.05) is 24.6 Å². The van der Waals surface area contributed by atoms with Crippen molar-refractivity contribution in [3.05, 3.63) is 28.3 Å². The molecule has 5 nitrogen and oxygen atoms in total. The Hall–Kier alpha value is -1.11. The van der Waals surface area contributed by atoms with Crippen LogP contribution in [0.5, 0.6) is 0 Å². The maximum absolute atomic E-state index is 12.4. The zero-order valence-electron chi connectivity index (χ0n) is 14.4. The van der Waals surface area contributed by atoms with E-state index in [1.807, 2.05) is 37.8 Å². The first-order valence-electron chi connectivity index (χ1n) is 8.23. The molecule has 0 radical (unpaired) electrons. The number of aryl methyl sites for hydroxylation is 2. The average molecular weight is 373 g/mol. The van der Waals surface area contributed by atoms with Crippen LogP contribution >= 0.6 is 11.6 Å². The molecule has 1 aromatic rings. The van der Waals surface area contributed by atoms with Gasteiger partial charge in [-0.15, -0.1) is 0 Å². The summed E-state index contributed by atoms with van der Waals surface area (Å²) < 4.78 is 23.4. The summed E-state index contributed by atoms with van der Waals surface area (Å²) in [7, 11) is -2.97. The van der Waals surface area contributed by atoms with E-state index in [1.54, 1.807) is 0 Å². The van der Waals surface area contributed by atoms with Gasteiger partial charge in [-0.05, 0) is 50.4 Å². The first-order chi connectivity index (χ1) is 11.2. The van der Waals surface area contributed by atoms with E-state index in [9.17, 15) is 13.2 Å². The van der Waals surface area contributed by atoms with Gasteiger partial charge in [0.05, 0.1) is 28.8 Å². The van der Waals surface area contributed by atoms with Crippen LogP contribution in [0.3, 0.4) is 0 Å². The Bertz CT molecular complexity index is 696. The Morgan fingerprint density at radius 3 is 2.62 bits per heavy atom. The molecule has 1 unspecified atom stereocenters. The van der Waals surface area contributed by atoms with Crippen molar-refractivity contribution in [1.82, 2.24) is 4.90 Å². The number of carbonyl (C=O) groups excluding carboxylic acids is 1. The summed E-state index contributed by atoms with van der Waals surface area (Å²) in [5.74, 6) is 0.189. The molecule has 1 saturated heterocycles. The highest BCUT2D eigenvalue weighted by Gasteiger charge is 2.32. The number of anilines is 1. The number of amides is 1. The molecule has 1 heterocycles. The number of hydrogen-bond donors (Lipinski definition) is 1. The zero-order valence-corrected chi connectivity index (χ0v) is 16.0. The maximum atomic E-state index is 12.4. The highest BCUT2D eigenvalue weighted by atomic mass is 35.5. The molecule has 1 amide bonds. The molecule has 0 aliphatic carbocycles. The van der Waals surface area contributed by atoms with Gasteiger partial charge in [-0.3, -0.25) is 9.69 Å². The van der Waals surface area contributed by atoms with Crippen LogP contribution in [0, 0.1) is 13.8 Å². The van der Waals surface area contributed by atoms with E-state index in [0.29, 0.717) is 23.7 Å². The van der Waals surface area contributed by atoms with E-state index >= 15 is 0 Å². The third-order valence-electron chi connectivity index (χ3n) is 4.28. The summed E-state index contributed by atoms with van der Waals surface area (Å²) in [5.41, 5.74) is 2.58. The topological polar surface area (TPSA) is 66.5 Å². The van der Waals surface area contributed by atoms with E-state index in [-0.39, 0.29) is 30.0 Å². The largest absolute Gasteiger partial charge is 0.323 e. The zero-order chi connectivity index (χ0) is 17.9. The Morgan fingerprint density at radius 2 is 2.08 bits per heavy atom. The minimum atomic E-state index is -2.97. The second-order valence-corrected chi connectivity index (χ2v) is 9.15. The van der Waals surface area contributed by atoms with Crippen LogP contribution in [0.1, 0.15) is 30.9 Å². The lowest BCUT2D eigenvalue weighted by atomic mass is 10.1. The molecule has 0 bridgehead atoms. The van der Waals surface area contributed by atoms with Gasteiger partial charge in [-0.25, -0.2) is 8.42 Å². The Labute approximate surface area is 149 Å². The standard InChI is InChI=1S/C17H25ClN2O3S/c1-4-6-20(14-5-7-24(22,23)11-14)10-16(21)19-17-13(3)8-12(2)9-15(17)18/h8-9,14H,4-7,10-11H2,1-3H3,(H,19,21). The van der Waals surface area contributed by atoms with Crippen molar-refractivity contribution in [2.75, 3.05) is 29.9 Å². The van der Waals surface area contributed by atoms with Gasteiger partial charge in [0, 0.05) is 6.04 Å². The minimum Gasteiger partial charge on any atom is -0.323 e. The fourth-order valence-electron chi connectivity index (χ4n) is 3.18. The van der Waals surface area contributed by atoms with Gasteiger partial charge < -0.3 is 5.32 Å². The van der Waals surface area contributed by atoms with Gasteiger partial charge in [0.25, 0.3) is 0 Å². The van der Waals surface area contributed by atoms with Crippen molar-refractivity contribution in [3.63, 3.8) is 0 Å². The molecule has 1 N–H and O–H groups in total.